The molecule has 0 amide bonds. The van der Waals surface area contributed by atoms with Crippen LogP contribution < -0.4 is 4.90 Å². The Hall–Kier alpha value is -2.14. The maximum absolute atomic E-state index is 12.4. The van der Waals surface area contributed by atoms with Crippen LogP contribution in [0.5, 0.6) is 0 Å². The second-order valence-corrected chi connectivity index (χ2v) is 7.39. The largest absolute Gasteiger partial charge is 0.378 e. The van der Waals surface area contributed by atoms with E-state index in [2.05, 4.69) is 0 Å². The Bertz CT molecular complexity index is 761. The number of nitrogens with zero attached hydrogens (tertiary/aromatic N) is 1. The SMILES string of the molecule is CC(=O)c1ccc(S(=O)(=O)Cc2ccc(N(C)C)cc2)cc1. The van der Waals surface area contributed by atoms with Crippen LogP contribution >= 0.6 is 0 Å². The van der Waals surface area contributed by atoms with Crippen molar-refractivity contribution in [2.24, 2.45) is 0 Å². The smallest absolute Gasteiger partial charge is 0.182 e. The van der Waals surface area contributed by atoms with Crippen molar-refractivity contribution >= 4 is 21.3 Å². The van der Waals surface area contributed by atoms with E-state index in [0.717, 1.165) is 11.3 Å². The molecule has 2 aromatic rings. The van der Waals surface area contributed by atoms with Crippen LogP contribution in [0.15, 0.2) is 53.4 Å². The van der Waals surface area contributed by atoms with E-state index in [0.29, 0.717) is 5.56 Å². The van der Waals surface area contributed by atoms with Crippen molar-refractivity contribution in [2.75, 3.05) is 19.0 Å². The topological polar surface area (TPSA) is 54.5 Å². The molecule has 0 atom stereocenters. The Balaban J connectivity index is 2.21. The molecule has 0 unspecified atom stereocenters. The molecular weight excluding hydrogens is 298 g/mol. The second kappa shape index (κ2) is 6.32. The van der Waals surface area contributed by atoms with Gasteiger partial charge in [-0.25, -0.2) is 8.42 Å². The third kappa shape index (κ3) is 3.74. The number of hydrogen-bond acceptors (Lipinski definition) is 4. The average molecular weight is 317 g/mol. The molecule has 0 saturated carbocycles. The lowest BCUT2D eigenvalue weighted by Crippen LogP contribution is -2.09. The molecule has 4 nitrogen and oxygen atoms in total. The zero-order valence-corrected chi connectivity index (χ0v) is 13.7. The Morgan fingerprint density at radius 3 is 1.95 bits per heavy atom. The summed E-state index contributed by atoms with van der Waals surface area (Å²) in [5.41, 5.74) is 2.27. The molecule has 0 fully saturated rings. The zero-order valence-electron chi connectivity index (χ0n) is 12.9. The summed E-state index contributed by atoms with van der Waals surface area (Å²) in [7, 11) is 0.452. The molecule has 0 spiro atoms. The number of anilines is 1. The summed E-state index contributed by atoms with van der Waals surface area (Å²) in [5, 5.41) is 0. The molecule has 0 bridgehead atoms. The summed E-state index contributed by atoms with van der Waals surface area (Å²) in [6.07, 6.45) is 0. The Kier molecular flexibility index (Phi) is 4.66. The van der Waals surface area contributed by atoms with Crippen LogP contribution in [0.1, 0.15) is 22.8 Å². The molecule has 0 N–H and O–H groups in total. The van der Waals surface area contributed by atoms with Gasteiger partial charge in [-0.1, -0.05) is 24.3 Å². The number of carbonyl (C=O) groups is 1. The lowest BCUT2D eigenvalue weighted by molar-refractivity contribution is 0.101. The van der Waals surface area contributed by atoms with Gasteiger partial charge in [-0.2, -0.15) is 0 Å². The van der Waals surface area contributed by atoms with Gasteiger partial charge in [-0.15, -0.1) is 0 Å². The Labute approximate surface area is 131 Å². The number of Topliss-reactive ketones (excluding diaryl/α,β-unsaturated/α-hetero) is 1. The summed E-state index contributed by atoms with van der Waals surface area (Å²) in [6.45, 7) is 1.45. The van der Waals surface area contributed by atoms with E-state index in [1.807, 2.05) is 43.3 Å². The summed E-state index contributed by atoms with van der Waals surface area (Å²) < 4.78 is 24.8. The molecule has 0 saturated heterocycles. The van der Waals surface area contributed by atoms with E-state index >= 15 is 0 Å². The molecule has 0 radical (unpaired) electrons. The van der Waals surface area contributed by atoms with Crippen molar-refractivity contribution in [2.45, 2.75) is 17.6 Å². The highest BCUT2D eigenvalue weighted by Crippen LogP contribution is 2.19. The van der Waals surface area contributed by atoms with Crippen LogP contribution in [0.2, 0.25) is 0 Å². The number of rotatable bonds is 5. The molecule has 22 heavy (non-hydrogen) atoms. The van der Waals surface area contributed by atoms with Crippen LogP contribution in [-0.4, -0.2) is 28.3 Å². The van der Waals surface area contributed by atoms with Crippen LogP contribution in [0, 0.1) is 0 Å². The van der Waals surface area contributed by atoms with E-state index in [1.165, 1.54) is 19.1 Å². The van der Waals surface area contributed by atoms with E-state index in [4.69, 9.17) is 0 Å². The van der Waals surface area contributed by atoms with Gasteiger partial charge in [0.05, 0.1) is 10.6 Å². The van der Waals surface area contributed by atoms with Crippen LogP contribution in [0.4, 0.5) is 5.69 Å². The first-order valence-electron chi connectivity index (χ1n) is 6.89. The normalized spacial score (nSPS) is 11.2. The zero-order chi connectivity index (χ0) is 16.3. The lowest BCUT2D eigenvalue weighted by Gasteiger charge is -2.12. The van der Waals surface area contributed by atoms with E-state index in [1.54, 1.807) is 12.1 Å². The quantitative estimate of drug-likeness (QED) is 0.796. The third-order valence-electron chi connectivity index (χ3n) is 3.43. The first-order chi connectivity index (χ1) is 10.3. The van der Waals surface area contributed by atoms with Crippen molar-refractivity contribution in [3.05, 3.63) is 59.7 Å². The van der Waals surface area contributed by atoms with Crippen molar-refractivity contribution in [1.82, 2.24) is 0 Å². The molecular formula is C17H19NO3S. The van der Waals surface area contributed by atoms with Crippen LogP contribution in [-0.2, 0) is 15.6 Å². The van der Waals surface area contributed by atoms with Gasteiger partial charge in [0.25, 0.3) is 0 Å². The first kappa shape index (κ1) is 16.2. The summed E-state index contributed by atoms with van der Waals surface area (Å²) in [4.78, 5) is 13.4. The van der Waals surface area contributed by atoms with Crippen molar-refractivity contribution in [1.29, 1.82) is 0 Å². The minimum atomic E-state index is -3.41. The maximum Gasteiger partial charge on any atom is 0.182 e. The third-order valence-corrected chi connectivity index (χ3v) is 5.13. The molecule has 0 aliphatic heterocycles. The molecule has 0 aromatic heterocycles. The van der Waals surface area contributed by atoms with Gasteiger partial charge in [0.1, 0.15) is 0 Å². The van der Waals surface area contributed by atoms with Crippen LogP contribution in [0.25, 0.3) is 0 Å². The minimum absolute atomic E-state index is 0.0554. The maximum atomic E-state index is 12.4. The first-order valence-corrected chi connectivity index (χ1v) is 8.55. The molecule has 0 aliphatic rings. The van der Waals surface area contributed by atoms with E-state index in [9.17, 15) is 13.2 Å². The van der Waals surface area contributed by atoms with Crippen LogP contribution in [0.3, 0.4) is 0 Å². The molecule has 5 heteroatoms. The molecule has 116 valence electrons. The highest BCUT2D eigenvalue weighted by molar-refractivity contribution is 7.90. The van der Waals surface area contributed by atoms with Gasteiger partial charge >= 0.3 is 0 Å². The van der Waals surface area contributed by atoms with Crippen molar-refractivity contribution < 1.29 is 13.2 Å². The summed E-state index contributed by atoms with van der Waals surface area (Å²) in [6, 6.07) is 13.5. The lowest BCUT2D eigenvalue weighted by atomic mass is 10.2. The Morgan fingerprint density at radius 2 is 1.50 bits per heavy atom. The van der Waals surface area contributed by atoms with E-state index < -0.39 is 9.84 Å². The predicted molar refractivity (Wildman–Crippen MR) is 88.1 cm³/mol. The van der Waals surface area contributed by atoms with Gasteiger partial charge < -0.3 is 4.90 Å². The van der Waals surface area contributed by atoms with Gasteiger partial charge in [0, 0.05) is 25.3 Å². The van der Waals surface area contributed by atoms with Gasteiger partial charge in [-0.05, 0) is 36.8 Å². The fourth-order valence-corrected chi connectivity index (χ4v) is 3.44. The average Bonchev–Trinajstić information content (AvgIpc) is 2.47. The summed E-state index contributed by atoms with van der Waals surface area (Å²) in [5.74, 6) is -0.136. The number of benzene rings is 2. The van der Waals surface area contributed by atoms with Crippen molar-refractivity contribution in [3.63, 3.8) is 0 Å². The van der Waals surface area contributed by atoms with Crippen molar-refractivity contribution in [3.8, 4) is 0 Å². The molecule has 0 heterocycles. The van der Waals surface area contributed by atoms with Gasteiger partial charge in [0.2, 0.25) is 0 Å². The second-order valence-electron chi connectivity index (χ2n) is 5.40. The Morgan fingerprint density at radius 1 is 0.955 bits per heavy atom. The predicted octanol–water partition coefficient (Wildman–Crippen LogP) is 2.93. The fourth-order valence-electron chi connectivity index (χ4n) is 2.09. The number of hydrogen-bond donors (Lipinski definition) is 0. The molecule has 2 rings (SSSR count). The molecule has 2 aromatic carbocycles. The standard InChI is InChI=1S/C17H19NO3S/c1-13(19)15-6-10-17(11-7-15)22(20,21)12-14-4-8-16(9-5-14)18(2)3/h4-11H,12H2,1-3H3. The monoisotopic (exact) mass is 317 g/mol. The number of sulfone groups is 1. The molecule has 0 aliphatic carbocycles. The minimum Gasteiger partial charge on any atom is -0.378 e. The van der Waals surface area contributed by atoms with E-state index in [-0.39, 0.29) is 16.4 Å². The number of ketones is 1. The summed E-state index contributed by atoms with van der Waals surface area (Å²) >= 11 is 0. The van der Waals surface area contributed by atoms with Gasteiger partial charge in [0.15, 0.2) is 15.6 Å². The fraction of sp³-hybridized carbons (Fsp3) is 0.235. The van der Waals surface area contributed by atoms with Gasteiger partial charge in [-0.3, -0.25) is 4.79 Å². The number of carbonyl (C=O) groups excluding carboxylic acids is 1. The highest BCUT2D eigenvalue weighted by Gasteiger charge is 2.15. The highest BCUT2D eigenvalue weighted by atomic mass is 32.2.